The summed E-state index contributed by atoms with van der Waals surface area (Å²) < 4.78 is 0. The molecule has 0 saturated carbocycles. The molecule has 1 N–H and O–H groups in total. The van der Waals surface area contributed by atoms with E-state index >= 15 is 0 Å². The molecule has 0 radical (unpaired) electrons. The van der Waals surface area contributed by atoms with Crippen LogP contribution in [-0.4, -0.2) is 5.91 Å². The van der Waals surface area contributed by atoms with E-state index in [0.717, 1.165) is 5.56 Å². The Balaban J connectivity index is 2.98. The summed E-state index contributed by atoms with van der Waals surface area (Å²) >= 11 is 0. The van der Waals surface area contributed by atoms with E-state index in [1.165, 1.54) is 0 Å². The van der Waals surface area contributed by atoms with Gasteiger partial charge in [0.05, 0.1) is 17.3 Å². The SMILES string of the molecule is CCC(C#N)C(=O)Nc1cccc(C)c1C#N. The molecule has 1 aromatic carbocycles. The fourth-order valence-corrected chi connectivity index (χ4v) is 1.48. The van der Waals surface area contributed by atoms with Crippen molar-refractivity contribution in [2.24, 2.45) is 5.92 Å². The number of carbonyl (C=O) groups excluding carboxylic acids is 1. The fraction of sp³-hybridized carbons (Fsp3) is 0.308. The third kappa shape index (κ3) is 2.83. The number of nitrogens with one attached hydrogen (secondary N) is 1. The molecule has 1 rings (SSSR count). The van der Waals surface area contributed by atoms with Crippen LogP contribution in [0.2, 0.25) is 0 Å². The summed E-state index contributed by atoms with van der Waals surface area (Å²) in [5.41, 5.74) is 1.70. The maximum absolute atomic E-state index is 11.7. The number of hydrogen-bond acceptors (Lipinski definition) is 3. The van der Waals surface area contributed by atoms with Gasteiger partial charge in [-0.15, -0.1) is 0 Å². The Morgan fingerprint density at radius 3 is 2.71 bits per heavy atom. The van der Waals surface area contributed by atoms with Crippen molar-refractivity contribution in [2.45, 2.75) is 20.3 Å². The van der Waals surface area contributed by atoms with Gasteiger partial charge in [-0.3, -0.25) is 4.79 Å². The van der Waals surface area contributed by atoms with Crippen LogP contribution in [0.3, 0.4) is 0 Å². The van der Waals surface area contributed by atoms with Gasteiger partial charge in [0.1, 0.15) is 12.0 Å². The van der Waals surface area contributed by atoms with Crippen molar-refractivity contribution < 1.29 is 4.79 Å². The summed E-state index contributed by atoms with van der Waals surface area (Å²) in [7, 11) is 0. The number of hydrogen-bond donors (Lipinski definition) is 1. The van der Waals surface area contributed by atoms with Crippen molar-refractivity contribution in [1.29, 1.82) is 10.5 Å². The maximum Gasteiger partial charge on any atom is 0.241 e. The molecular weight excluding hydrogens is 214 g/mol. The minimum absolute atomic E-state index is 0.364. The van der Waals surface area contributed by atoms with Gasteiger partial charge in [-0.1, -0.05) is 19.1 Å². The monoisotopic (exact) mass is 227 g/mol. The van der Waals surface area contributed by atoms with E-state index in [1.807, 2.05) is 12.1 Å². The van der Waals surface area contributed by atoms with Gasteiger partial charge in [-0.25, -0.2) is 0 Å². The van der Waals surface area contributed by atoms with Crippen LogP contribution in [0.25, 0.3) is 0 Å². The van der Waals surface area contributed by atoms with Crippen LogP contribution in [0.15, 0.2) is 18.2 Å². The molecule has 86 valence electrons. The minimum atomic E-state index is -0.679. The molecule has 0 aliphatic rings. The lowest BCUT2D eigenvalue weighted by Gasteiger charge is -2.10. The molecule has 0 spiro atoms. The van der Waals surface area contributed by atoms with Gasteiger partial charge in [0.25, 0.3) is 0 Å². The number of nitriles is 2. The topological polar surface area (TPSA) is 76.7 Å². The van der Waals surface area contributed by atoms with Gasteiger partial charge in [0.15, 0.2) is 0 Å². The molecule has 1 unspecified atom stereocenters. The van der Waals surface area contributed by atoms with Gasteiger partial charge in [-0.05, 0) is 25.0 Å². The third-order valence-corrected chi connectivity index (χ3v) is 2.52. The van der Waals surface area contributed by atoms with E-state index < -0.39 is 5.92 Å². The average Bonchev–Trinajstić information content (AvgIpc) is 2.31. The van der Waals surface area contributed by atoms with E-state index in [-0.39, 0.29) is 5.91 Å². The molecule has 0 fully saturated rings. The van der Waals surface area contributed by atoms with Crippen LogP contribution in [0, 0.1) is 35.5 Å². The largest absolute Gasteiger partial charge is 0.324 e. The molecule has 1 aromatic rings. The first-order valence-electron chi connectivity index (χ1n) is 5.34. The van der Waals surface area contributed by atoms with Crippen LogP contribution < -0.4 is 5.32 Å². The summed E-state index contributed by atoms with van der Waals surface area (Å²) in [4.78, 5) is 11.7. The summed E-state index contributed by atoms with van der Waals surface area (Å²) in [6, 6.07) is 9.20. The number of aryl methyl sites for hydroxylation is 1. The predicted molar refractivity (Wildman–Crippen MR) is 63.9 cm³/mol. The first-order chi connectivity index (χ1) is 8.13. The number of nitrogens with zero attached hydrogens (tertiary/aromatic N) is 2. The summed E-state index contributed by atoms with van der Waals surface area (Å²) in [6.07, 6.45) is 0.454. The van der Waals surface area contributed by atoms with E-state index in [2.05, 4.69) is 5.32 Å². The van der Waals surface area contributed by atoms with Crippen molar-refractivity contribution in [2.75, 3.05) is 5.32 Å². The zero-order valence-electron chi connectivity index (χ0n) is 9.82. The highest BCUT2D eigenvalue weighted by Crippen LogP contribution is 2.19. The molecule has 17 heavy (non-hydrogen) atoms. The Labute approximate surface area is 100 Å². The number of rotatable bonds is 3. The van der Waals surface area contributed by atoms with Crippen LogP contribution in [0.5, 0.6) is 0 Å². The molecule has 0 heterocycles. The van der Waals surface area contributed by atoms with Crippen molar-refractivity contribution in [3.8, 4) is 12.1 Å². The molecule has 4 nitrogen and oxygen atoms in total. The van der Waals surface area contributed by atoms with Crippen LogP contribution in [0.4, 0.5) is 5.69 Å². The Hall–Kier alpha value is -2.33. The Kier molecular flexibility index (Phi) is 4.25. The van der Waals surface area contributed by atoms with E-state index in [4.69, 9.17) is 10.5 Å². The zero-order chi connectivity index (χ0) is 12.8. The number of benzene rings is 1. The second kappa shape index (κ2) is 5.67. The van der Waals surface area contributed by atoms with Crippen molar-refractivity contribution in [3.05, 3.63) is 29.3 Å². The molecule has 0 saturated heterocycles. The molecule has 0 bridgehead atoms. The summed E-state index contributed by atoms with van der Waals surface area (Å²) in [6.45, 7) is 3.57. The van der Waals surface area contributed by atoms with Crippen molar-refractivity contribution >= 4 is 11.6 Å². The molecule has 1 atom stereocenters. The van der Waals surface area contributed by atoms with Gasteiger partial charge in [0.2, 0.25) is 5.91 Å². The maximum atomic E-state index is 11.7. The highest BCUT2D eigenvalue weighted by molar-refractivity contribution is 5.95. The number of carbonyl (C=O) groups is 1. The van der Waals surface area contributed by atoms with E-state index in [1.54, 1.807) is 32.0 Å². The lowest BCUT2D eigenvalue weighted by Crippen LogP contribution is -2.21. The molecular formula is C13H13N3O. The molecule has 0 aliphatic heterocycles. The van der Waals surface area contributed by atoms with E-state index in [9.17, 15) is 4.79 Å². The normalized spacial score (nSPS) is 11.1. The third-order valence-electron chi connectivity index (χ3n) is 2.52. The van der Waals surface area contributed by atoms with Gasteiger partial charge in [-0.2, -0.15) is 10.5 Å². The number of amides is 1. The van der Waals surface area contributed by atoms with Crippen LogP contribution >= 0.6 is 0 Å². The first-order valence-corrected chi connectivity index (χ1v) is 5.34. The molecule has 0 aliphatic carbocycles. The van der Waals surface area contributed by atoms with Crippen molar-refractivity contribution in [1.82, 2.24) is 0 Å². The summed E-state index contributed by atoms with van der Waals surface area (Å²) in [5.74, 6) is -1.04. The number of anilines is 1. The highest BCUT2D eigenvalue weighted by Gasteiger charge is 2.17. The molecule has 0 aromatic heterocycles. The van der Waals surface area contributed by atoms with Crippen molar-refractivity contribution in [3.63, 3.8) is 0 Å². The summed E-state index contributed by atoms with van der Waals surface area (Å²) in [5, 5.41) is 20.4. The van der Waals surface area contributed by atoms with Gasteiger partial charge in [0, 0.05) is 0 Å². The second-order valence-electron chi connectivity index (χ2n) is 3.69. The highest BCUT2D eigenvalue weighted by atomic mass is 16.1. The average molecular weight is 227 g/mol. The quantitative estimate of drug-likeness (QED) is 0.861. The van der Waals surface area contributed by atoms with Gasteiger partial charge < -0.3 is 5.32 Å². The van der Waals surface area contributed by atoms with Crippen LogP contribution in [-0.2, 0) is 4.79 Å². The minimum Gasteiger partial charge on any atom is -0.324 e. The molecule has 1 amide bonds. The molecule has 4 heteroatoms. The predicted octanol–water partition coefficient (Wildman–Crippen LogP) is 2.35. The van der Waals surface area contributed by atoms with E-state index in [0.29, 0.717) is 17.7 Å². The Morgan fingerprint density at radius 1 is 1.47 bits per heavy atom. The Morgan fingerprint density at radius 2 is 2.18 bits per heavy atom. The first kappa shape index (κ1) is 12.7. The van der Waals surface area contributed by atoms with Gasteiger partial charge >= 0.3 is 0 Å². The fourth-order valence-electron chi connectivity index (χ4n) is 1.48. The zero-order valence-corrected chi connectivity index (χ0v) is 9.82. The lowest BCUT2D eigenvalue weighted by atomic mass is 10.1. The Bertz CT molecular complexity index is 508. The smallest absolute Gasteiger partial charge is 0.241 e. The van der Waals surface area contributed by atoms with Crippen LogP contribution in [0.1, 0.15) is 24.5 Å². The lowest BCUT2D eigenvalue weighted by molar-refractivity contribution is -0.118. The standard InChI is InChI=1S/C13H13N3O/c1-3-10(7-14)13(17)16-12-6-4-5-9(2)11(12)8-15/h4-6,10H,3H2,1-2H3,(H,16,17). The second-order valence-corrected chi connectivity index (χ2v) is 3.69.